The van der Waals surface area contributed by atoms with E-state index >= 15 is 0 Å². The van der Waals surface area contributed by atoms with Gasteiger partial charge in [-0.2, -0.15) is 0 Å². The smallest absolute Gasteiger partial charge is 0.128 e. The highest BCUT2D eigenvalue weighted by Crippen LogP contribution is 2.35. The summed E-state index contributed by atoms with van der Waals surface area (Å²) in [5.74, 6) is 2.17. The van der Waals surface area contributed by atoms with Crippen LogP contribution < -0.4 is 4.90 Å². The summed E-state index contributed by atoms with van der Waals surface area (Å²) in [6.07, 6.45) is 2.45. The first kappa shape index (κ1) is 14.9. The number of piperidine rings is 1. The largest absolute Gasteiger partial charge is 0.357 e. The molecule has 1 aliphatic heterocycles. The van der Waals surface area contributed by atoms with Crippen LogP contribution >= 0.6 is 23.2 Å². The second kappa shape index (κ2) is 5.88. The molecule has 1 aromatic heterocycles. The molecule has 19 heavy (non-hydrogen) atoms. The zero-order chi connectivity index (χ0) is 14.0. The van der Waals surface area contributed by atoms with Gasteiger partial charge in [0.15, 0.2) is 0 Å². The van der Waals surface area contributed by atoms with Gasteiger partial charge >= 0.3 is 0 Å². The zero-order valence-electron chi connectivity index (χ0n) is 11.9. The maximum absolute atomic E-state index is 6.05. The van der Waals surface area contributed by atoms with Crippen LogP contribution in [-0.4, -0.2) is 18.1 Å². The van der Waals surface area contributed by atoms with Crippen molar-refractivity contribution in [2.24, 2.45) is 11.3 Å². The minimum atomic E-state index is 0.366. The molecule has 4 heteroatoms. The second-order valence-electron chi connectivity index (χ2n) is 6.36. The molecule has 0 saturated carbocycles. The lowest BCUT2D eigenvalue weighted by atomic mass is 9.75. The predicted molar refractivity (Wildman–Crippen MR) is 83.2 cm³/mol. The molecule has 0 bridgehead atoms. The van der Waals surface area contributed by atoms with Crippen molar-refractivity contribution in [2.45, 2.75) is 39.5 Å². The van der Waals surface area contributed by atoms with Gasteiger partial charge in [-0.25, -0.2) is 4.98 Å². The summed E-state index contributed by atoms with van der Waals surface area (Å²) < 4.78 is 0. The number of alkyl halides is 1. The van der Waals surface area contributed by atoms with E-state index in [-0.39, 0.29) is 0 Å². The van der Waals surface area contributed by atoms with Crippen molar-refractivity contribution in [1.82, 2.24) is 4.98 Å². The van der Waals surface area contributed by atoms with Gasteiger partial charge in [0.05, 0.1) is 16.6 Å². The van der Waals surface area contributed by atoms with Crippen molar-refractivity contribution in [3.05, 3.63) is 22.8 Å². The van der Waals surface area contributed by atoms with Crippen molar-refractivity contribution in [3.63, 3.8) is 0 Å². The first-order valence-electron chi connectivity index (χ1n) is 6.88. The number of hydrogen-bond acceptors (Lipinski definition) is 2. The summed E-state index contributed by atoms with van der Waals surface area (Å²) in [7, 11) is 0. The summed E-state index contributed by atoms with van der Waals surface area (Å²) in [4.78, 5) is 6.91. The van der Waals surface area contributed by atoms with Crippen LogP contribution in [0.3, 0.4) is 0 Å². The summed E-state index contributed by atoms with van der Waals surface area (Å²) in [6.45, 7) is 9.13. The number of pyridine rings is 1. The van der Waals surface area contributed by atoms with E-state index in [9.17, 15) is 0 Å². The number of anilines is 1. The molecule has 1 aliphatic rings. The van der Waals surface area contributed by atoms with Crippen LogP contribution in [0.25, 0.3) is 0 Å². The van der Waals surface area contributed by atoms with E-state index in [1.807, 2.05) is 12.1 Å². The van der Waals surface area contributed by atoms with E-state index in [0.717, 1.165) is 30.5 Å². The molecule has 1 saturated heterocycles. The Morgan fingerprint density at radius 3 is 2.42 bits per heavy atom. The van der Waals surface area contributed by atoms with Crippen molar-refractivity contribution in [2.75, 3.05) is 18.0 Å². The Morgan fingerprint density at radius 1 is 1.26 bits per heavy atom. The molecule has 2 heterocycles. The number of halogens is 2. The molecule has 0 aliphatic carbocycles. The molecule has 0 amide bonds. The van der Waals surface area contributed by atoms with Gasteiger partial charge in [-0.3, -0.25) is 0 Å². The van der Waals surface area contributed by atoms with Crippen molar-refractivity contribution in [1.29, 1.82) is 0 Å². The van der Waals surface area contributed by atoms with Crippen molar-refractivity contribution in [3.8, 4) is 0 Å². The second-order valence-corrected chi connectivity index (χ2v) is 7.03. The fraction of sp³-hybridized carbons (Fsp3) is 0.667. The Balaban J connectivity index is 2.05. The third-order valence-electron chi connectivity index (χ3n) is 4.07. The standard InChI is InChI=1S/C15H22Cl2N2/c1-15(2,3)11-6-8-19(9-7-11)14-5-4-12(17)13(10-16)18-14/h4-5,11H,6-10H2,1-3H3. The minimum Gasteiger partial charge on any atom is -0.357 e. The number of rotatable bonds is 2. The van der Waals surface area contributed by atoms with E-state index in [1.165, 1.54) is 12.8 Å². The van der Waals surface area contributed by atoms with Gasteiger partial charge in [0.1, 0.15) is 5.82 Å². The van der Waals surface area contributed by atoms with E-state index in [0.29, 0.717) is 16.3 Å². The maximum Gasteiger partial charge on any atom is 0.128 e. The molecule has 0 spiro atoms. The Labute approximate surface area is 126 Å². The summed E-state index contributed by atoms with van der Waals surface area (Å²) in [6, 6.07) is 3.90. The van der Waals surface area contributed by atoms with Gasteiger partial charge in [-0.15, -0.1) is 11.6 Å². The van der Waals surface area contributed by atoms with Gasteiger partial charge in [0.25, 0.3) is 0 Å². The van der Waals surface area contributed by atoms with Crippen LogP contribution in [0.15, 0.2) is 12.1 Å². The lowest BCUT2D eigenvalue weighted by molar-refractivity contribution is 0.198. The molecule has 106 valence electrons. The average Bonchev–Trinajstić information content (AvgIpc) is 2.38. The van der Waals surface area contributed by atoms with Gasteiger partial charge in [-0.1, -0.05) is 32.4 Å². The normalized spacial score (nSPS) is 17.8. The summed E-state index contributed by atoms with van der Waals surface area (Å²) >= 11 is 11.9. The van der Waals surface area contributed by atoms with Gasteiger partial charge < -0.3 is 4.90 Å². The molecular weight excluding hydrogens is 279 g/mol. The van der Waals surface area contributed by atoms with E-state index in [1.54, 1.807) is 0 Å². The van der Waals surface area contributed by atoms with Crippen molar-refractivity contribution < 1.29 is 0 Å². The zero-order valence-corrected chi connectivity index (χ0v) is 13.4. The molecule has 2 rings (SSSR count). The highest BCUT2D eigenvalue weighted by Gasteiger charge is 2.29. The van der Waals surface area contributed by atoms with E-state index in [4.69, 9.17) is 23.2 Å². The first-order valence-corrected chi connectivity index (χ1v) is 7.79. The summed E-state index contributed by atoms with van der Waals surface area (Å²) in [5.41, 5.74) is 1.18. The van der Waals surface area contributed by atoms with Gasteiger partial charge in [0.2, 0.25) is 0 Å². The average molecular weight is 301 g/mol. The third-order valence-corrected chi connectivity index (χ3v) is 4.67. The molecular formula is C15H22Cl2N2. The Bertz CT molecular complexity index is 432. The first-order chi connectivity index (χ1) is 8.91. The fourth-order valence-electron chi connectivity index (χ4n) is 2.72. The molecule has 0 aromatic carbocycles. The monoisotopic (exact) mass is 300 g/mol. The third kappa shape index (κ3) is 3.55. The lowest BCUT2D eigenvalue weighted by Gasteiger charge is -2.39. The summed E-state index contributed by atoms with van der Waals surface area (Å²) in [5, 5.41) is 0.656. The highest BCUT2D eigenvalue weighted by molar-refractivity contribution is 6.32. The quantitative estimate of drug-likeness (QED) is 0.734. The van der Waals surface area contributed by atoms with Crippen LogP contribution in [-0.2, 0) is 5.88 Å². The molecule has 1 aromatic rings. The van der Waals surface area contributed by atoms with Crippen LogP contribution in [0, 0.1) is 11.3 Å². The SMILES string of the molecule is CC(C)(C)C1CCN(c2ccc(Cl)c(CCl)n2)CC1. The number of aromatic nitrogens is 1. The lowest BCUT2D eigenvalue weighted by Crippen LogP contribution is -2.38. The van der Waals surface area contributed by atoms with E-state index in [2.05, 4.69) is 30.7 Å². The van der Waals surface area contributed by atoms with Crippen LogP contribution in [0.1, 0.15) is 39.3 Å². The van der Waals surface area contributed by atoms with Crippen LogP contribution in [0.2, 0.25) is 5.02 Å². The molecule has 2 nitrogen and oxygen atoms in total. The number of nitrogens with zero attached hydrogens (tertiary/aromatic N) is 2. The molecule has 0 radical (unpaired) electrons. The number of hydrogen-bond donors (Lipinski definition) is 0. The fourth-order valence-corrected chi connectivity index (χ4v) is 3.16. The van der Waals surface area contributed by atoms with Gasteiger partial charge in [-0.05, 0) is 36.3 Å². The van der Waals surface area contributed by atoms with Gasteiger partial charge in [0, 0.05) is 13.1 Å². The van der Waals surface area contributed by atoms with Crippen LogP contribution in [0.5, 0.6) is 0 Å². The molecule has 0 N–H and O–H groups in total. The topological polar surface area (TPSA) is 16.1 Å². The Kier molecular flexibility index (Phi) is 4.62. The molecule has 0 atom stereocenters. The molecule has 1 fully saturated rings. The van der Waals surface area contributed by atoms with Crippen LogP contribution in [0.4, 0.5) is 5.82 Å². The Hall–Kier alpha value is -0.470. The minimum absolute atomic E-state index is 0.366. The highest BCUT2D eigenvalue weighted by atomic mass is 35.5. The van der Waals surface area contributed by atoms with Crippen molar-refractivity contribution >= 4 is 29.0 Å². The molecule has 0 unspecified atom stereocenters. The maximum atomic E-state index is 6.05. The Morgan fingerprint density at radius 2 is 1.89 bits per heavy atom. The predicted octanol–water partition coefficient (Wildman–Crippen LogP) is 4.74. The van der Waals surface area contributed by atoms with E-state index < -0.39 is 0 Å².